The van der Waals surface area contributed by atoms with Gasteiger partial charge in [-0.2, -0.15) is 0 Å². The second-order valence-corrected chi connectivity index (χ2v) is 7.08. The van der Waals surface area contributed by atoms with Crippen LogP contribution in [0.3, 0.4) is 0 Å². The van der Waals surface area contributed by atoms with Gasteiger partial charge in [0.2, 0.25) is 0 Å². The van der Waals surface area contributed by atoms with Crippen LogP contribution in [0.1, 0.15) is 18.9 Å². The highest BCUT2D eigenvalue weighted by Gasteiger charge is 2.29. The summed E-state index contributed by atoms with van der Waals surface area (Å²) < 4.78 is 1.40. The first kappa shape index (κ1) is 15.8. The highest BCUT2D eigenvalue weighted by molar-refractivity contribution is 7.17. The van der Waals surface area contributed by atoms with E-state index in [9.17, 15) is 0 Å². The molecule has 0 amide bonds. The van der Waals surface area contributed by atoms with Crippen LogP contribution in [0, 0.1) is 5.41 Å². The summed E-state index contributed by atoms with van der Waals surface area (Å²) in [5.74, 6) is 0. The van der Waals surface area contributed by atoms with Crippen molar-refractivity contribution in [3.8, 4) is 0 Å². The second kappa shape index (κ2) is 6.44. The highest BCUT2D eigenvalue weighted by atomic mass is 35.5. The molecule has 2 nitrogen and oxygen atoms in total. The topological polar surface area (TPSA) is 15.3 Å². The molecular weight excluding hydrogens is 288 g/mol. The van der Waals surface area contributed by atoms with Gasteiger partial charge < -0.3 is 10.2 Å². The van der Waals surface area contributed by atoms with Gasteiger partial charge in [0.05, 0.1) is 0 Å². The molecule has 1 saturated heterocycles. The third-order valence-corrected chi connectivity index (χ3v) is 5.12. The van der Waals surface area contributed by atoms with E-state index in [-0.39, 0.29) is 12.4 Å². The molecule has 1 aliphatic rings. The molecule has 1 atom stereocenters. The van der Waals surface area contributed by atoms with Gasteiger partial charge in [0.15, 0.2) is 0 Å². The van der Waals surface area contributed by atoms with Crippen molar-refractivity contribution in [3.63, 3.8) is 0 Å². The van der Waals surface area contributed by atoms with E-state index in [1.807, 2.05) is 11.3 Å². The Morgan fingerprint density at radius 1 is 1.35 bits per heavy atom. The van der Waals surface area contributed by atoms with E-state index < -0.39 is 0 Å². The van der Waals surface area contributed by atoms with E-state index in [0.717, 1.165) is 13.1 Å². The third-order valence-electron chi connectivity index (χ3n) is 4.11. The zero-order valence-electron chi connectivity index (χ0n) is 12.2. The van der Waals surface area contributed by atoms with Crippen LogP contribution in [0.5, 0.6) is 0 Å². The molecule has 0 spiro atoms. The number of hydrogen-bond donors (Lipinski definition) is 1. The lowest BCUT2D eigenvalue weighted by Gasteiger charge is -2.29. The van der Waals surface area contributed by atoms with Crippen molar-refractivity contribution in [1.29, 1.82) is 0 Å². The van der Waals surface area contributed by atoms with Gasteiger partial charge in [-0.15, -0.1) is 23.7 Å². The smallest absolute Gasteiger partial charge is 0.0346 e. The van der Waals surface area contributed by atoms with Gasteiger partial charge in [0, 0.05) is 24.3 Å². The van der Waals surface area contributed by atoms with Gasteiger partial charge in [0.25, 0.3) is 0 Å². The third kappa shape index (κ3) is 3.34. The zero-order chi connectivity index (χ0) is 13.3. The monoisotopic (exact) mass is 310 g/mol. The quantitative estimate of drug-likeness (QED) is 0.925. The first-order valence-electron chi connectivity index (χ1n) is 7.01. The van der Waals surface area contributed by atoms with Crippen LogP contribution < -0.4 is 5.32 Å². The van der Waals surface area contributed by atoms with E-state index in [0.29, 0.717) is 5.41 Å². The van der Waals surface area contributed by atoms with Crippen molar-refractivity contribution in [2.75, 3.05) is 26.7 Å². The van der Waals surface area contributed by atoms with Crippen molar-refractivity contribution in [2.45, 2.75) is 19.9 Å². The number of fused-ring (bicyclic) bond motifs is 1. The summed E-state index contributed by atoms with van der Waals surface area (Å²) in [7, 11) is 2.25. The molecule has 0 radical (unpaired) electrons. The first-order chi connectivity index (χ1) is 9.16. The molecule has 3 rings (SSSR count). The number of nitrogens with zero attached hydrogens (tertiary/aromatic N) is 1. The molecule has 2 heterocycles. The van der Waals surface area contributed by atoms with Crippen LogP contribution >= 0.6 is 23.7 Å². The summed E-state index contributed by atoms with van der Waals surface area (Å²) in [6.45, 7) is 6.95. The van der Waals surface area contributed by atoms with Gasteiger partial charge in [-0.3, -0.25) is 0 Å². The fourth-order valence-corrected chi connectivity index (χ4v) is 4.11. The van der Waals surface area contributed by atoms with Crippen molar-refractivity contribution in [3.05, 3.63) is 35.2 Å². The molecule has 1 aliphatic heterocycles. The molecule has 1 fully saturated rings. The maximum atomic E-state index is 3.48. The SMILES string of the molecule is CN(Cc1csc2ccccc12)CC1(C)CCNC1.Cl. The number of rotatable bonds is 4. The maximum Gasteiger partial charge on any atom is 0.0346 e. The molecule has 0 bridgehead atoms. The van der Waals surface area contributed by atoms with E-state index in [2.05, 4.69) is 53.8 Å². The predicted molar refractivity (Wildman–Crippen MR) is 91.0 cm³/mol. The minimum Gasteiger partial charge on any atom is -0.316 e. The van der Waals surface area contributed by atoms with Crippen LogP contribution in [0.4, 0.5) is 0 Å². The molecule has 0 saturated carbocycles. The van der Waals surface area contributed by atoms with E-state index in [4.69, 9.17) is 0 Å². The van der Waals surface area contributed by atoms with Gasteiger partial charge >= 0.3 is 0 Å². The van der Waals surface area contributed by atoms with Gasteiger partial charge in [-0.1, -0.05) is 25.1 Å². The summed E-state index contributed by atoms with van der Waals surface area (Å²) >= 11 is 1.86. The van der Waals surface area contributed by atoms with Crippen LogP contribution in [0.15, 0.2) is 29.6 Å². The normalized spacial score (nSPS) is 22.4. The zero-order valence-corrected chi connectivity index (χ0v) is 13.8. The average Bonchev–Trinajstić information content (AvgIpc) is 2.97. The van der Waals surface area contributed by atoms with Crippen molar-refractivity contribution in [1.82, 2.24) is 10.2 Å². The molecule has 1 unspecified atom stereocenters. The van der Waals surface area contributed by atoms with Crippen LogP contribution in [0.25, 0.3) is 10.1 Å². The Hall–Kier alpha value is -0.610. The predicted octanol–water partition coefficient (Wildman–Crippen LogP) is 3.75. The highest BCUT2D eigenvalue weighted by Crippen LogP contribution is 2.29. The lowest BCUT2D eigenvalue weighted by atomic mass is 9.89. The standard InChI is InChI=1S/C16H22N2S.ClH/c1-16(7-8-17-11-16)12-18(2)9-13-10-19-15-6-4-3-5-14(13)15;/h3-6,10,17H,7-9,11-12H2,1-2H3;1H. The number of benzene rings is 1. The summed E-state index contributed by atoms with van der Waals surface area (Å²) in [6.07, 6.45) is 1.29. The number of hydrogen-bond acceptors (Lipinski definition) is 3. The lowest BCUT2D eigenvalue weighted by Crippen LogP contribution is -2.34. The number of thiophene rings is 1. The maximum absolute atomic E-state index is 3.48. The van der Waals surface area contributed by atoms with Crippen LogP contribution in [-0.2, 0) is 6.54 Å². The molecule has 1 aromatic carbocycles. The van der Waals surface area contributed by atoms with Gasteiger partial charge in [0.1, 0.15) is 0 Å². The molecule has 0 aliphatic carbocycles. The molecule has 4 heteroatoms. The Morgan fingerprint density at radius 2 is 2.15 bits per heavy atom. The number of nitrogens with one attached hydrogen (secondary N) is 1. The Kier molecular flexibility index (Phi) is 5.08. The van der Waals surface area contributed by atoms with Crippen molar-refractivity contribution in [2.24, 2.45) is 5.41 Å². The minimum atomic E-state index is 0. The van der Waals surface area contributed by atoms with Gasteiger partial charge in [-0.05, 0) is 47.8 Å². The lowest BCUT2D eigenvalue weighted by molar-refractivity contribution is 0.204. The fraction of sp³-hybridized carbons (Fsp3) is 0.500. The molecule has 20 heavy (non-hydrogen) atoms. The summed E-state index contributed by atoms with van der Waals surface area (Å²) in [4.78, 5) is 2.47. The van der Waals surface area contributed by atoms with Crippen LogP contribution in [0.2, 0.25) is 0 Å². The molecular formula is C16H23ClN2S. The molecule has 110 valence electrons. The summed E-state index contributed by atoms with van der Waals surface area (Å²) in [5, 5.41) is 7.22. The van der Waals surface area contributed by atoms with Gasteiger partial charge in [-0.25, -0.2) is 0 Å². The van der Waals surface area contributed by atoms with Crippen molar-refractivity contribution >= 4 is 33.8 Å². The molecule has 2 aromatic rings. The fourth-order valence-electron chi connectivity index (χ4n) is 3.16. The van der Waals surface area contributed by atoms with E-state index in [1.54, 1.807) is 0 Å². The Bertz CT molecular complexity index is 560. The summed E-state index contributed by atoms with van der Waals surface area (Å²) in [6, 6.07) is 8.72. The molecule has 1 aromatic heterocycles. The second-order valence-electron chi connectivity index (χ2n) is 6.17. The number of halogens is 1. The Labute approximate surface area is 131 Å². The van der Waals surface area contributed by atoms with Crippen LogP contribution in [-0.4, -0.2) is 31.6 Å². The minimum absolute atomic E-state index is 0. The average molecular weight is 311 g/mol. The Morgan fingerprint density at radius 3 is 2.90 bits per heavy atom. The van der Waals surface area contributed by atoms with E-state index >= 15 is 0 Å². The first-order valence-corrected chi connectivity index (χ1v) is 7.89. The Balaban J connectivity index is 0.00000147. The van der Waals surface area contributed by atoms with E-state index in [1.165, 1.54) is 35.2 Å². The summed E-state index contributed by atoms with van der Waals surface area (Å²) in [5.41, 5.74) is 1.92. The van der Waals surface area contributed by atoms with Crippen molar-refractivity contribution < 1.29 is 0 Å². The molecule has 1 N–H and O–H groups in total. The largest absolute Gasteiger partial charge is 0.316 e.